The number of thiophene rings is 1. The molecule has 0 bridgehead atoms. The Hall–Kier alpha value is -2.48. The number of rotatable bonds is 4. The molecular weight excluding hydrogens is 402 g/mol. The Morgan fingerprint density at radius 1 is 1.00 bits per heavy atom. The van der Waals surface area contributed by atoms with Crippen molar-refractivity contribution < 1.29 is 8.42 Å². The first-order valence-electron chi connectivity index (χ1n) is 7.99. The molecule has 0 aliphatic heterocycles. The molecule has 4 aromatic rings. The van der Waals surface area contributed by atoms with Gasteiger partial charge >= 0.3 is 0 Å². The summed E-state index contributed by atoms with van der Waals surface area (Å²) < 4.78 is 25.4. The molecule has 5 nitrogen and oxygen atoms in total. The van der Waals surface area contributed by atoms with Crippen LogP contribution in [0.2, 0.25) is 5.15 Å². The van der Waals surface area contributed by atoms with E-state index in [0.29, 0.717) is 15.7 Å². The van der Waals surface area contributed by atoms with Crippen LogP contribution in [-0.2, 0) is 9.84 Å². The second-order valence-electron chi connectivity index (χ2n) is 5.91. The molecule has 0 N–H and O–H groups in total. The summed E-state index contributed by atoms with van der Waals surface area (Å²) in [6.45, 7) is 0. The highest BCUT2D eigenvalue weighted by molar-refractivity contribution is 7.90. The van der Waals surface area contributed by atoms with Crippen molar-refractivity contribution in [3.05, 3.63) is 72.1 Å². The highest BCUT2D eigenvalue weighted by atomic mass is 35.5. The molecule has 0 unspecified atom stereocenters. The zero-order valence-corrected chi connectivity index (χ0v) is 16.6. The van der Waals surface area contributed by atoms with E-state index in [1.54, 1.807) is 46.6 Å². The van der Waals surface area contributed by atoms with E-state index in [9.17, 15) is 8.42 Å². The second kappa shape index (κ2) is 6.92. The molecule has 3 aromatic heterocycles. The third kappa shape index (κ3) is 3.53. The van der Waals surface area contributed by atoms with Crippen molar-refractivity contribution in [1.29, 1.82) is 0 Å². The topological polar surface area (TPSA) is 64.8 Å². The van der Waals surface area contributed by atoms with Crippen LogP contribution < -0.4 is 0 Å². The monoisotopic (exact) mass is 415 g/mol. The molecule has 0 saturated heterocycles. The van der Waals surface area contributed by atoms with Crippen LogP contribution >= 0.6 is 22.9 Å². The van der Waals surface area contributed by atoms with E-state index in [-0.39, 0.29) is 0 Å². The quantitative estimate of drug-likeness (QED) is 0.452. The van der Waals surface area contributed by atoms with Gasteiger partial charge in [0.2, 0.25) is 0 Å². The SMILES string of the molecule is CS(=O)(=O)c1cccc(-c2ccc(-c3ccnn3-c3cccnc3Cl)s2)c1. The van der Waals surface area contributed by atoms with Gasteiger partial charge in [-0.05, 0) is 48.0 Å². The predicted molar refractivity (Wildman–Crippen MR) is 108 cm³/mol. The molecule has 0 spiro atoms. The summed E-state index contributed by atoms with van der Waals surface area (Å²) in [5, 5.41) is 4.75. The third-order valence-corrected chi connectivity index (χ3v) is 6.57. The molecule has 0 amide bonds. The highest BCUT2D eigenvalue weighted by Crippen LogP contribution is 2.36. The zero-order valence-electron chi connectivity index (χ0n) is 14.2. The van der Waals surface area contributed by atoms with Crippen LogP contribution in [0.5, 0.6) is 0 Å². The summed E-state index contributed by atoms with van der Waals surface area (Å²) in [5.74, 6) is 0. The van der Waals surface area contributed by atoms with Gasteiger partial charge in [0.25, 0.3) is 0 Å². The number of pyridine rings is 1. The van der Waals surface area contributed by atoms with Crippen molar-refractivity contribution >= 4 is 32.8 Å². The Bertz CT molecular complexity index is 1230. The molecule has 0 atom stereocenters. The Labute approximate surface area is 165 Å². The molecule has 1 aromatic carbocycles. The summed E-state index contributed by atoms with van der Waals surface area (Å²) in [6, 6.07) is 16.5. The maximum absolute atomic E-state index is 11.8. The van der Waals surface area contributed by atoms with E-state index in [2.05, 4.69) is 10.1 Å². The van der Waals surface area contributed by atoms with Gasteiger partial charge in [0.05, 0.1) is 21.7 Å². The number of nitrogens with zero attached hydrogens (tertiary/aromatic N) is 3. The third-order valence-electron chi connectivity index (χ3n) is 4.02. The van der Waals surface area contributed by atoms with Crippen molar-refractivity contribution in [3.8, 4) is 26.7 Å². The fourth-order valence-corrected chi connectivity index (χ4v) is 4.61. The van der Waals surface area contributed by atoms with E-state index in [0.717, 1.165) is 21.0 Å². The largest absolute Gasteiger partial charge is 0.242 e. The van der Waals surface area contributed by atoms with Crippen LogP contribution in [0.3, 0.4) is 0 Å². The minimum atomic E-state index is -3.25. The van der Waals surface area contributed by atoms with Crippen LogP contribution in [-0.4, -0.2) is 29.4 Å². The first-order valence-corrected chi connectivity index (χ1v) is 11.1. The van der Waals surface area contributed by atoms with Gasteiger partial charge in [-0.1, -0.05) is 23.7 Å². The number of sulfone groups is 1. The van der Waals surface area contributed by atoms with E-state index in [4.69, 9.17) is 11.6 Å². The van der Waals surface area contributed by atoms with Crippen molar-refractivity contribution in [2.75, 3.05) is 6.26 Å². The van der Waals surface area contributed by atoms with Gasteiger partial charge in [-0.15, -0.1) is 11.3 Å². The van der Waals surface area contributed by atoms with E-state index in [1.165, 1.54) is 6.26 Å². The molecule has 8 heteroatoms. The van der Waals surface area contributed by atoms with Gasteiger partial charge in [0, 0.05) is 17.3 Å². The number of hydrogen-bond acceptors (Lipinski definition) is 5. The fourth-order valence-electron chi connectivity index (χ4n) is 2.73. The van der Waals surface area contributed by atoms with E-state index in [1.807, 2.05) is 36.4 Å². The molecule has 4 rings (SSSR count). The summed E-state index contributed by atoms with van der Waals surface area (Å²) in [4.78, 5) is 6.38. The molecule has 0 fully saturated rings. The summed E-state index contributed by atoms with van der Waals surface area (Å²) in [6.07, 6.45) is 4.55. The minimum Gasteiger partial charge on any atom is -0.242 e. The average molecular weight is 416 g/mol. The molecule has 0 radical (unpaired) electrons. The lowest BCUT2D eigenvalue weighted by Gasteiger charge is -2.07. The zero-order chi connectivity index (χ0) is 19.0. The minimum absolute atomic E-state index is 0.308. The fraction of sp³-hybridized carbons (Fsp3) is 0.0526. The molecule has 136 valence electrons. The molecule has 0 aliphatic carbocycles. The van der Waals surface area contributed by atoms with E-state index < -0.39 is 9.84 Å². The Morgan fingerprint density at radius 3 is 2.59 bits per heavy atom. The molecule has 0 aliphatic rings. The Balaban J connectivity index is 1.76. The van der Waals surface area contributed by atoms with Crippen LogP contribution in [0, 0.1) is 0 Å². The maximum Gasteiger partial charge on any atom is 0.175 e. The molecule has 3 heterocycles. The molecule has 0 saturated carbocycles. The molecular formula is C19H14ClN3O2S2. The average Bonchev–Trinajstić information content (AvgIpc) is 3.31. The standard InChI is InChI=1S/C19H14ClN3O2S2/c1-27(24,25)14-5-2-4-13(12-14)17-7-8-18(26-17)15-9-11-22-23(15)16-6-3-10-21-19(16)20/h2-12H,1H3. The van der Waals surface area contributed by atoms with Crippen LogP contribution in [0.15, 0.2) is 71.9 Å². The highest BCUT2D eigenvalue weighted by Gasteiger charge is 2.14. The first-order chi connectivity index (χ1) is 12.9. The van der Waals surface area contributed by atoms with Crippen LogP contribution in [0.25, 0.3) is 26.7 Å². The van der Waals surface area contributed by atoms with Gasteiger partial charge in [-0.2, -0.15) is 5.10 Å². The van der Waals surface area contributed by atoms with Gasteiger partial charge in [0.1, 0.15) is 5.69 Å². The van der Waals surface area contributed by atoms with Crippen LogP contribution in [0.1, 0.15) is 0 Å². The van der Waals surface area contributed by atoms with Gasteiger partial charge in [-0.25, -0.2) is 18.1 Å². The van der Waals surface area contributed by atoms with Crippen molar-refractivity contribution in [3.63, 3.8) is 0 Å². The maximum atomic E-state index is 11.8. The summed E-state index contributed by atoms with van der Waals surface area (Å²) in [7, 11) is -3.25. The van der Waals surface area contributed by atoms with Gasteiger partial charge in [0.15, 0.2) is 15.0 Å². The van der Waals surface area contributed by atoms with E-state index >= 15 is 0 Å². The number of hydrogen-bond donors (Lipinski definition) is 0. The normalized spacial score (nSPS) is 11.6. The predicted octanol–water partition coefficient (Wildman–Crippen LogP) is 4.72. The number of benzene rings is 1. The number of aromatic nitrogens is 3. The second-order valence-corrected chi connectivity index (χ2v) is 9.36. The van der Waals surface area contributed by atoms with Crippen molar-refractivity contribution in [2.45, 2.75) is 4.90 Å². The lowest BCUT2D eigenvalue weighted by molar-refractivity contribution is 0.602. The van der Waals surface area contributed by atoms with Crippen molar-refractivity contribution in [2.24, 2.45) is 0 Å². The van der Waals surface area contributed by atoms with Crippen molar-refractivity contribution in [1.82, 2.24) is 14.8 Å². The lowest BCUT2D eigenvalue weighted by atomic mass is 10.2. The molecule has 27 heavy (non-hydrogen) atoms. The van der Waals surface area contributed by atoms with Gasteiger partial charge < -0.3 is 0 Å². The Kier molecular flexibility index (Phi) is 4.59. The lowest BCUT2D eigenvalue weighted by Crippen LogP contribution is -1.99. The van der Waals surface area contributed by atoms with Crippen LogP contribution in [0.4, 0.5) is 0 Å². The summed E-state index contributed by atoms with van der Waals surface area (Å²) >= 11 is 7.77. The Morgan fingerprint density at radius 2 is 1.81 bits per heavy atom. The van der Waals surface area contributed by atoms with Gasteiger partial charge in [-0.3, -0.25) is 0 Å². The summed E-state index contributed by atoms with van der Waals surface area (Å²) in [5.41, 5.74) is 2.45. The smallest absolute Gasteiger partial charge is 0.175 e. The number of halogens is 1. The first kappa shape index (κ1) is 17.9.